The first-order valence-corrected chi connectivity index (χ1v) is 9.57. The lowest BCUT2D eigenvalue weighted by molar-refractivity contribution is -0.145. The van der Waals surface area contributed by atoms with E-state index in [1.54, 1.807) is 23.6 Å². The molecule has 28 heavy (non-hydrogen) atoms. The summed E-state index contributed by atoms with van der Waals surface area (Å²) in [5, 5.41) is 4.69. The molecule has 146 valence electrons. The van der Waals surface area contributed by atoms with Crippen LogP contribution >= 0.6 is 11.3 Å². The third-order valence-corrected chi connectivity index (χ3v) is 4.91. The number of fused-ring (bicyclic) bond motifs is 1. The van der Waals surface area contributed by atoms with Crippen LogP contribution in [-0.2, 0) is 20.9 Å². The van der Waals surface area contributed by atoms with Gasteiger partial charge in [0.1, 0.15) is 6.61 Å². The normalized spacial score (nSPS) is 12.9. The second kappa shape index (κ2) is 8.30. The number of benzene rings is 1. The number of carbonyl (C=O) groups excluding carboxylic acids is 4. The van der Waals surface area contributed by atoms with Crippen LogP contribution in [0.25, 0.3) is 0 Å². The molecule has 8 nitrogen and oxygen atoms in total. The van der Waals surface area contributed by atoms with E-state index in [9.17, 15) is 19.2 Å². The number of ether oxygens (including phenoxy) is 1. The monoisotopic (exact) mass is 401 g/mol. The van der Waals surface area contributed by atoms with Crippen molar-refractivity contribution in [3.63, 3.8) is 0 Å². The quantitative estimate of drug-likeness (QED) is 0.565. The highest BCUT2D eigenvalue weighted by Gasteiger charge is 2.34. The van der Waals surface area contributed by atoms with Crippen LogP contribution in [0.15, 0.2) is 23.6 Å². The Morgan fingerprint density at radius 1 is 1.21 bits per heavy atom. The third-order valence-electron chi connectivity index (χ3n) is 4.10. The number of esters is 1. The van der Waals surface area contributed by atoms with Gasteiger partial charge in [-0.25, -0.2) is 4.98 Å². The van der Waals surface area contributed by atoms with E-state index < -0.39 is 5.97 Å². The van der Waals surface area contributed by atoms with Gasteiger partial charge in [-0.15, -0.1) is 11.3 Å². The number of nitrogens with zero attached hydrogens (tertiary/aromatic N) is 2. The second-order valence-electron chi connectivity index (χ2n) is 6.40. The van der Waals surface area contributed by atoms with E-state index in [-0.39, 0.29) is 37.3 Å². The van der Waals surface area contributed by atoms with Gasteiger partial charge in [-0.2, -0.15) is 0 Å². The maximum atomic E-state index is 12.4. The van der Waals surface area contributed by atoms with Crippen molar-refractivity contribution in [2.75, 3.05) is 11.9 Å². The molecule has 1 N–H and O–H groups in total. The number of nitrogens with one attached hydrogen (secondary N) is 1. The zero-order valence-electron chi connectivity index (χ0n) is 15.5. The Balaban J connectivity index is 1.44. The standard InChI is InChI=1S/C19H19N3O5S/c1-11-5-6-14-15(8-11)18(26)22(17(14)25)7-3-4-16(24)27-9-13-10-28-19(21-13)20-12(2)23/h5-6,8,10H,3-4,7,9H2,1-2H3,(H,20,21,23). The maximum Gasteiger partial charge on any atom is 0.306 e. The lowest BCUT2D eigenvalue weighted by atomic mass is 10.1. The summed E-state index contributed by atoms with van der Waals surface area (Å²) in [7, 11) is 0. The first-order valence-electron chi connectivity index (χ1n) is 8.69. The molecule has 0 spiro atoms. The summed E-state index contributed by atoms with van der Waals surface area (Å²) in [5.74, 6) is -1.32. The molecule has 9 heteroatoms. The summed E-state index contributed by atoms with van der Waals surface area (Å²) in [5.41, 5.74) is 2.26. The maximum absolute atomic E-state index is 12.4. The van der Waals surface area contributed by atoms with Crippen molar-refractivity contribution in [3.8, 4) is 0 Å². The zero-order chi connectivity index (χ0) is 20.3. The van der Waals surface area contributed by atoms with Crippen molar-refractivity contribution in [3.05, 3.63) is 46.0 Å². The molecular weight excluding hydrogens is 382 g/mol. The predicted molar refractivity (Wildman–Crippen MR) is 102 cm³/mol. The Morgan fingerprint density at radius 3 is 2.71 bits per heavy atom. The minimum absolute atomic E-state index is 0.00120. The molecule has 0 saturated heterocycles. The van der Waals surface area contributed by atoms with E-state index in [1.165, 1.54) is 18.3 Å². The molecule has 1 aromatic carbocycles. The van der Waals surface area contributed by atoms with E-state index in [4.69, 9.17) is 4.74 Å². The minimum Gasteiger partial charge on any atom is -0.459 e. The SMILES string of the molecule is CC(=O)Nc1nc(COC(=O)CCCN2C(=O)c3ccc(C)cc3C2=O)cs1. The van der Waals surface area contributed by atoms with Crippen molar-refractivity contribution >= 4 is 40.2 Å². The van der Waals surface area contributed by atoms with Crippen LogP contribution in [0.4, 0.5) is 5.13 Å². The topological polar surface area (TPSA) is 106 Å². The van der Waals surface area contributed by atoms with Gasteiger partial charge in [0.25, 0.3) is 11.8 Å². The van der Waals surface area contributed by atoms with Crippen LogP contribution in [0.5, 0.6) is 0 Å². The predicted octanol–water partition coefficient (Wildman–Crippen LogP) is 2.53. The van der Waals surface area contributed by atoms with Crippen LogP contribution in [0, 0.1) is 6.92 Å². The first kappa shape index (κ1) is 19.7. The lowest BCUT2D eigenvalue weighted by Crippen LogP contribution is -2.31. The highest BCUT2D eigenvalue weighted by atomic mass is 32.1. The van der Waals surface area contributed by atoms with E-state index in [2.05, 4.69) is 10.3 Å². The first-order chi connectivity index (χ1) is 13.3. The van der Waals surface area contributed by atoms with Crippen molar-refractivity contribution in [2.45, 2.75) is 33.3 Å². The van der Waals surface area contributed by atoms with Gasteiger partial charge < -0.3 is 10.1 Å². The van der Waals surface area contributed by atoms with Crippen molar-refractivity contribution in [1.29, 1.82) is 0 Å². The van der Waals surface area contributed by atoms with Crippen molar-refractivity contribution in [1.82, 2.24) is 9.88 Å². The number of anilines is 1. The summed E-state index contributed by atoms with van der Waals surface area (Å²) >= 11 is 1.24. The van der Waals surface area contributed by atoms with Gasteiger partial charge in [-0.05, 0) is 25.5 Å². The fourth-order valence-corrected chi connectivity index (χ4v) is 3.54. The number of hydrogen-bond acceptors (Lipinski definition) is 7. The largest absolute Gasteiger partial charge is 0.459 e. The Morgan fingerprint density at radius 2 is 1.96 bits per heavy atom. The Bertz CT molecular complexity index is 953. The van der Waals surface area contributed by atoms with Gasteiger partial charge in [-0.3, -0.25) is 24.1 Å². The minimum atomic E-state index is -0.443. The Kier molecular flexibility index (Phi) is 5.84. The number of aryl methyl sites for hydroxylation is 1. The number of amides is 3. The van der Waals surface area contributed by atoms with Gasteiger partial charge >= 0.3 is 5.97 Å². The third kappa shape index (κ3) is 4.42. The van der Waals surface area contributed by atoms with Gasteiger partial charge in [0, 0.05) is 25.3 Å². The summed E-state index contributed by atoms with van der Waals surface area (Å²) in [4.78, 5) is 52.9. The van der Waals surface area contributed by atoms with Crippen molar-refractivity contribution in [2.24, 2.45) is 0 Å². The molecule has 2 heterocycles. The molecule has 1 aromatic heterocycles. The fourth-order valence-electron chi connectivity index (χ4n) is 2.80. The Labute approximate surface area is 165 Å². The van der Waals surface area contributed by atoms with Gasteiger partial charge in [-0.1, -0.05) is 11.6 Å². The van der Waals surface area contributed by atoms with Crippen LogP contribution in [0.1, 0.15) is 51.7 Å². The molecular formula is C19H19N3O5S. The number of thiazole rings is 1. The Hall–Kier alpha value is -3.07. The summed E-state index contributed by atoms with van der Waals surface area (Å²) < 4.78 is 5.15. The van der Waals surface area contributed by atoms with E-state index in [0.717, 1.165) is 10.5 Å². The van der Waals surface area contributed by atoms with Crippen LogP contribution in [0.3, 0.4) is 0 Å². The number of imide groups is 1. The molecule has 0 aliphatic carbocycles. The average Bonchev–Trinajstić information content (AvgIpc) is 3.17. The van der Waals surface area contributed by atoms with E-state index >= 15 is 0 Å². The van der Waals surface area contributed by atoms with Gasteiger partial charge in [0.2, 0.25) is 5.91 Å². The van der Waals surface area contributed by atoms with Crippen molar-refractivity contribution < 1.29 is 23.9 Å². The highest BCUT2D eigenvalue weighted by molar-refractivity contribution is 7.13. The molecule has 1 aliphatic heterocycles. The molecule has 0 bridgehead atoms. The van der Waals surface area contributed by atoms with Gasteiger partial charge in [0.05, 0.1) is 16.8 Å². The van der Waals surface area contributed by atoms with E-state index in [0.29, 0.717) is 28.4 Å². The number of aromatic nitrogens is 1. The summed E-state index contributed by atoms with van der Waals surface area (Å²) in [6, 6.07) is 5.15. The molecule has 3 amide bonds. The van der Waals surface area contributed by atoms with E-state index in [1.807, 2.05) is 6.92 Å². The molecule has 0 atom stereocenters. The van der Waals surface area contributed by atoms with Crippen LogP contribution in [-0.4, -0.2) is 40.1 Å². The van der Waals surface area contributed by atoms with Gasteiger partial charge in [0.15, 0.2) is 5.13 Å². The number of hydrogen-bond donors (Lipinski definition) is 1. The smallest absolute Gasteiger partial charge is 0.306 e. The molecule has 0 saturated carbocycles. The molecule has 0 unspecified atom stereocenters. The zero-order valence-corrected chi connectivity index (χ0v) is 16.3. The second-order valence-corrected chi connectivity index (χ2v) is 7.26. The highest BCUT2D eigenvalue weighted by Crippen LogP contribution is 2.24. The lowest BCUT2D eigenvalue weighted by Gasteiger charge is -2.13. The van der Waals surface area contributed by atoms with Crippen LogP contribution in [0.2, 0.25) is 0 Å². The number of carbonyl (C=O) groups is 4. The fraction of sp³-hybridized carbons (Fsp3) is 0.316. The molecule has 0 fully saturated rings. The van der Waals surface area contributed by atoms with Crippen LogP contribution < -0.4 is 5.32 Å². The summed E-state index contributed by atoms with van der Waals surface area (Å²) in [6.45, 7) is 3.40. The molecule has 0 radical (unpaired) electrons. The summed E-state index contributed by atoms with van der Waals surface area (Å²) in [6.07, 6.45) is 0.395. The molecule has 2 aromatic rings. The average molecular weight is 401 g/mol. The molecule has 1 aliphatic rings. The molecule has 3 rings (SSSR count). The number of rotatable bonds is 7.